The van der Waals surface area contributed by atoms with Crippen LogP contribution >= 0.6 is 11.6 Å². The minimum absolute atomic E-state index is 0.0402. The third-order valence-electron chi connectivity index (χ3n) is 6.92. The molecule has 1 aromatic carbocycles. The number of hydrogen-bond donors (Lipinski definition) is 1. The maximum absolute atomic E-state index is 15.4. The van der Waals surface area contributed by atoms with Crippen LogP contribution in [0.2, 0.25) is 5.02 Å². The van der Waals surface area contributed by atoms with E-state index in [2.05, 4.69) is 36.8 Å². The zero-order chi connectivity index (χ0) is 28.7. The smallest absolute Gasteiger partial charge is 0.246 e. The van der Waals surface area contributed by atoms with Crippen LogP contribution in [-0.4, -0.2) is 65.5 Å². The van der Waals surface area contributed by atoms with Gasteiger partial charge in [0.05, 0.1) is 11.2 Å². The van der Waals surface area contributed by atoms with Gasteiger partial charge in [-0.1, -0.05) is 18.2 Å². The molecule has 6 rings (SSSR count). The van der Waals surface area contributed by atoms with Crippen molar-refractivity contribution in [1.29, 1.82) is 0 Å². The minimum Gasteiger partial charge on any atom is -0.455 e. The van der Waals surface area contributed by atoms with Gasteiger partial charge in [0, 0.05) is 37.4 Å². The van der Waals surface area contributed by atoms with Crippen molar-refractivity contribution in [2.75, 3.05) is 23.3 Å². The number of carbonyl (C=O) groups excluding carboxylic acids is 1. The van der Waals surface area contributed by atoms with Crippen LogP contribution < -0.4 is 15.0 Å². The molecule has 13 heteroatoms. The largest absolute Gasteiger partial charge is 0.455 e. The minimum atomic E-state index is -0.707. The Labute approximate surface area is 239 Å². The molecule has 0 unspecified atom stereocenters. The van der Waals surface area contributed by atoms with Crippen molar-refractivity contribution < 1.29 is 13.9 Å². The number of halogens is 2. The molecular weight excluding hydrogens is 549 g/mol. The number of nitrogens with zero attached hydrogens (tertiary/aromatic N) is 8. The summed E-state index contributed by atoms with van der Waals surface area (Å²) in [5, 5.41) is 6.86. The molecule has 0 bridgehead atoms. The first-order valence-corrected chi connectivity index (χ1v) is 13.2. The fourth-order valence-corrected chi connectivity index (χ4v) is 5.27. The van der Waals surface area contributed by atoms with E-state index in [1.54, 1.807) is 28.9 Å². The molecule has 11 nitrogen and oxygen atoms in total. The van der Waals surface area contributed by atoms with E-state index >= 15 is 4.39 Å². The van der Waals surface area contributed by atoms with Crippen LogP contribution in [0.25, 0.3) is 16.7 Å². The van der Waals surface area contributed by atoms with Crippen molar-refractivity contribution >= 4 is 51.5 Å². The third kappa shape index (κ3) is 4.97. The van der Waals surface area contributed by atoms with Gasteiger partial charge in [-0.2, -0.15) is 5.10 Å². The first-order valence-electron chi connectivity index (χ1n) is 12.9. The molecule has 0 spiro atoms. The number of aromatic nitrogens is 6. The Morgan fingerprint density at radius 2 is 1.93 bits per heavy atom. The molecule has 1 amide bonds. The van der Waals surface area contributed by atoms with Gasteiger partial charge in [-0.05, 0) is 50.3 Å². The lowest BCUT2D eigenvalue weighted by Gasteiger charge is -2.44. The zero-order valence-electron chi connectivity index (χ0n) is 22.2. The fraction of sp³-hybridized carbons (Fsp3) is 0.214. The summed E-state index contributed by atoms with van der Waals surface area (Å²) in [5.41, 5.74) is 1.73. The Bertz CT molecular complexity index is 1780. The van der Waals surface area contributed by atoms with E-state index in [-0.39, 0.29) is 34.5 Å². The summed E-state index contributed by atoms with van der Waals surface area (Å²) in [6, 6.07) is 10.1. The molecule has 1 aliphatic heterocycles. The number of pyridine rings is 2. The van der Waals surface area contributed by atoms with E-state index in [4.69, 9.17) is 21.3 Å². The SMILES string of the molecule is C=CC(=O)N1[C@H](C)CN(c2ccc3ncnc(Nc4ccc(Oc5ccn6ncnc6c5)c(Cl)c4F)c3n2)C[C@@H]1C. The molecule has 4 aromatic heterocycles. The predicted octanol–water partition coefficient (Wildman–Crippen LogP) is 5.01. The average Bonchev–Trinajstić information content (AvgIpc) is 3.44. The van der Waals surface area contributed by atoms with Gasteiger partial charge in [0.2, 0.25) is 5.91 Å². The number of benzene rings is 1. The van der Waals surface area contributed by atoms with Gasteiger partial charge in [-0.3, -0.25) is 4.79 Å². The lowest BCUT2D eigenvalue weighted by Crippen LogP contribution is -2.58. The van der Waals surface area contributed by atoms with Crippen LogP contribution in [-0.2, 0) is 4.79 Å². The number of carbonyl (C=O) groups is 1. The normalized spacial score (nSPS) is 17.2. The Morgan fingerprint density at radius 3 is 2.71 bits per heavy atom. The maximum Gasteiger partial charge on any atom is 0.246 e. The third-order valence-corrected chi connectivity index (χ3v) is 7.27. The highest BCUT2D eigenvalue weighted by Gasteiger charge is 2.32. The Morgan fingerprint density at radius 1 is 1.12 bits per heavy atom. The molecule has 2 atom stereocenters. The van der Waals surface area contributed by atoms with Crippen LogP contribution in [0.4, 0.5) is 21.7 Å². The number of rotatable bonds is 6. The first-order chi connectivity index (χ1) is 19.8. The van der Waals surface area contributed by atoms with E-state index in [0.717, 1.165) is 0 Å². The number of fused-ring (bicyclic) bond motifs is 2. The van der Waals surface area contributed by atoms with Gasteiger partial charge in [0.1, 0.15) is 40.5 Å². The number of hydrogen-bond acceptors (Lipinski definition) is 9. The van der Waals surface area contributed by atoms with Crippen LogP contribution in [0.1, 0.15) is 13.8 Å². The van der Waals surface area contributed by atoms with E-state index in [1.165, 1.54) is 24.8 Å². The van der Waals surface area contributed by atoms with Gasteiger partial charge in [-0.25, -0.2) is 28.8 Å². The van der Waals surface area contributed by atoms with Gasteiger partial charge < -0.3 is 19.9 Å². The van der Waals surface area contributed by atoms with Gasteiger partial charge in [0.15, 0.2) is 17.3 Å². The second-order valence-corrected chi connectivity index (χ2v) is 10.1. The van der Waals surface area contributed by atoms with E-state index in [9.17, 15) is 4.79 Å². The van der Waals surface area contributed by atoms with Crippen molar-refractivity contribution in [3.05, 3.63) is 78.7 Å². The number of nitrogens with one attached hydrogen (secondary N) is 1. The molecule has 5 heterocycles. The van der Waals surface area contributed by atoms with E-state index < -0.39 is 5.82 Å². The van der Waals surface area contributed by atoms with Crippen molar-refractivity contribution in [3.63, 3.8) is 0 Å². The highest BCUT2D eigenvalue weighted by atomic mass is 35.5. The molecule has 0 saturated carbocycles. The number of piperazine rings is 1. The molecule has 0 aliphatic carbocycles. The van der Waals surface area contributed by atoms with Gasteiger partial charge in [-0.15, -0.1) is 0 Å². The molecule has 0 radical (unpaired) electrons. The monoisotopic (exact) mass is 573 g/mol. The van der Waals surface area contributed by atoms with E-state index in [0.29, 0.717) is 47.2 Å². The van der Waals surface area contributed by atoms with Crippen LogP contribution in [0.3, 0.4) is 0 Å². The second kappa shape index (κ2) is 10.6. The quantitative estimate of drug-likeness (QED) is 0.280. The van der Waals surface area contributed by atoms with Crippen molar-refractivity contribution in [1.82, 2.24) is 34.4 Å². The fourth-order valence-electron chi connectivity index (χ4n) is 5.07. The Hall–Kier alpha value is -4.84. The average molecular weight is 574 g/mol. The summed E-state index contributed by atoms with van der Waals surface area (Å²) in [6.07, 6.45) is 5.83. The van der Waals surface area contributed by atoms with Crippen LogP contribution in [0.5, 0.6) is 11.5 Å². The summed E-state index contributed by atoms with van der Waals surface area (Å²) in [4.78, 5) is 33.8. The lowest BCUT2D eigenvalue weighted by atomic mass is 10.1. The lowest BCUT2D eigenvalue weighted by molar-refractivity contribution is -0.130. The zero-order valence-corrected chi connectivity index (χ0v) is 23.0. The summed E-state index contributed by atoms with van der Waals surface area (Å²) in [6.45, 7) is 8.79. The molecule has 1 aliphatic rings. The number of anilines is 3. The van der Waals surface area contributed by atoms with E-state index in [1.807, 2.05) is 30.9 Å². The van der Waals surface area contributed by atoms with Crippen molar-refractivity contribution in [2.45, 2.75) is 25.9 Å². The number of ether oxygens (including phenoxy) is 1. The van der Waals surface area contributed by atoms with Gasteiger partial charge >= 0.3 is 0 Å². The highest BCUT2D eigenvalue weighted by molar-refractivity contribution is 6.32. The molecular formula is C28H25ClFN9O2. The first kappa shape index (κ1) is 26.4. The predicted molar refractivity (Wildman–Crippen MR) is 153 cm³/mol. The standard InChI is InChI=1S/C28H25ClFN9O2/c1-4-24(40)39-16(2)12-37(13-17(39)3)22-8-6-20-27(36-22)28(33-14-31-20)35-19-5-7-21(25(29)26(19)30)41-18-9-10-38-23(11-18)32-15-34-38/h4-11,14-17H,1,12-13H2,2-3H3,(H,31,33,35)/t16-,17+. The van der Waals surface area contributed by atoms with Crippen molar-refractivity contribution in [3.8, 4) is 11.5 Å². The Kier molecular flexibility index (Phi) is 6.83. The summed E-state index contributed by atoms with van der Waals surface area (Å²) >= 11 is 6.37. The van der Waals surface area contributed by atoms with Crippen LogP contribution in [0.15, 0.2) is 67.9 Å². The summed E-state index contributed by atoms with van der Waals surface area (Å²) < 4.78 is 22.8. The summed E-state index contributed by atoms with van der Waals surface area (Å²) in [7, 11) is 0. The van der Waals surface area contributed by atoms with Crippen LogP contribution in [0, 0.1) is 5.82 Å². The summed E-state index contributed by atoms with van der Waals surface area (Å²) in [5.74, 6) is 0.796. The second-order valence-electron chi connectivity index (χ2n) is 9.70. The number of amides is 1. The molecule has 1 saturated heterocycles. The molecule has 41 heavy (non-hydrogen) atoms. The topological polar surface area (TPSA) is 114 Å². The highest BCUT2D eigenvalue weighted by Crippen LogP contribution is 2.37. The Balaban J connectivity index is 1.26. The molecule has 208 valence electrons. The van der Waals surface area contributed by atoms with Crippen molar-refractivity contribution in [2.24, 2.45) is 0 Å². The molecule has 5 aromatic rings. The van der Waals surface area contributed by atoms with Gasteiger partial charge in [0.25, 0.3) is 0 Å². The molecule has 1 fully saturated rings. The maximum atomic E-state index is 15.4. The molecule has 1 N–H and O–H groups in total.